The molecule has 2 unspecified atom stereocenters. The minimum Gasteiger partial charge on any atom is -0.364 e. The van der Waals surface area contributed by atoms with E-state index in [0.29, 0.717) is 13.1 Å². The first-order chi connectivity index (χ1) is 16.9. The Hall–Kier alpha value is -3.50. The van der Waals surface area contributed by atoms with Crippen molar-refractivity contribution in [1.29, 1.82) is 0 Å². The molecule has 5 heterocycles. The van der Waals surface area contributed by atoms with Crippen molar-refractivity contribution in [3.05, 3.63) is 72.7 Å². The van der Waals surface area contributed by atoms with Gasteiger partial charge in [-0.3, -0.25) is 4.40 Å². The Morgan fingerprint density at radius 1 is 1.03 bits per heavy atom. The van der Waals surface area contributed by atoms with Gasteiger partial charge in [0.15, 0.2) is 0 Å². The fraction of sp³-hybridized carbons (Fsp3) is 0.320. The quantitative estimate of drug-likeness (QED) is 0.444. The number of sulfonamides is 1. The molecule has 4 aromatic rings. The lowest BCUT2D eigenvalue weighted by atomic mass is 10.1. The number of imidazole rings is 1. The van der Waals surface area contributed by atoms with Crippen LogP contribution in [0.15, 0.2) is 67.1 Å². The Morgan fingerprint density at radius 3 is 2.60 bits per heavy atom. The van der Waals surface area contributed by atoms with E-state index in [-0.39, 0.29) is 18.1 Å². The Bertz CT molecular complexity index is 1490. The molecule has 180 valence electrons. The molecule has 2 bridgehead atoms. The van der Waals surface area contributed by atoms with Crippen molar-refractivity contribution < 1.29 is 8.42 Å². The summed E-state index contributed by atoms with van der Waals surface area (Å²) in [4.78, 5) is 16.3. The van der Waals surface area contributed by atoms with Crippen molar-refractivity contribution in [3.63, 3.8) is 0 Å². The maximum atomic E-state index is 12.1. The molecule has 1 N–H and O–H groups in total. The molecule has 0 aliphatic carbocycles. The third-order valence-corrected chi connectivity index (χ3v) is 8.26. The summed E-state index contributed by atoms with van der Waals surface area (Å²) in [5, 5.41) is 3.48. The normalized spacial score (nSPS) is 21.0. The number of fused-ring (bicyclic) bond motifs is 3. The number of hydrogen-bond acceptors (Lipinski definition) is 7. The number of anilines is 2. The number of hydrogen-bond donors (Lipinski definition) is 1. The first-order valence-electron chi connectivity index (χ1n) is 11.7. The molecule has 9 nitrogen and oxygen atoms in total. The molecule has 0 saturated carbocycles. The number of piperazine rings is 1. The zero-order valence-electron chi connectivity index (χ0n) is 19.6. The van der Waals surface area contributed by atoms with Crippen molar-refractivity contribution in [2.45, 2.75) is 31.5 Å². The second-order valence-electron chi connectivity index (χ2n) is 9.33. The van der Waals surface area contributed by atoms with Crippen LogP contribution in [0, 0.1) is 0 Å². The monoisotopic (exact) mass is 489 g/mol. The van der Waals surface area contributed by atoms with Crippen LogP contribution in [0.5, 0.6) is 0 Å². The highest BCUT2D eigenvalue weighted by Gasteiger charge is 2.47. The van der Waals surface area contributed by atoms with Crippen LogP contribution in [-0.2, 0) is 10.0 Å². The van der Waals surface area contributed by atoms with Crippen molar-refractivity contribution in [3.8, 4) is 11.3 Å². The van der Waals surface area contributed by atoms with Gasteiger partial charge in [0, 0.05) is 61.4 Å². The average Bonchev–Trinajstić information content (AvgIpc) is 3.59. The fourth-order valence-corrected chi connectivity index (χ4v) is 6.39. The van der Waals surface area contributed by atoms with Gasteiger partial charge in [0.2, 0.25) is 16.0 Å². The largest absolute Gasteiger partial charge is 0.364 e. The van der Waals surface area contributed by atoms with Crippen molar-refractivity contribution in [2.75, 3.05) is 29.6 Å². The molecule has 2 fully saturated rings. The molecule has 6 rings (SSSR count). The second kappa shape index (κ2) is 8.31. The highest BCUT2D eigenvalue weighted by atomic mass is 32.2. The lowest BCUT2D eigenvalue weighted by Crippen LogP contribution is -2.49. The Balaban J connectivity index is 1.32. The first-order valence-corrected chi connectivity index (χ1v) is 13.6. The van der Waals surface area contributed by atoms with Gasteiger partial charge < -0.3 is 10.2 Å². The minimum atomic E-state index is -3.20. The van der Waals surface area contributed by atoms with Crippen LogP contribution >= 0.6 is 0 Å². The van der Waals surface area contributed by atoms with Crippen LogP contribution in [0.25, 0.3) is 16.9 Å². The smallest absolute Gasteiger partial charge is 0.212 e. The molecule has 10 heteroatoms. The summed E-state index contributed by atoms with van der Waals surface area (Å²) in [5.74, 6) is 1.56. The molecule has 0 amide bonds. The number of aromatic nitrogens is 4. The van der Waals surface area contributed by atoms with Gasteiger partial charge in [-0.15, -0.1) is 0 Å². The van der Waals surface area contributed by atoms with Crippen LogP contribution in [0.2, 0.25) is 0 Å². The van der Waals surface area contributed by atoms with E-state index in [1.165, 1.54) is 11.8 Å². The predicted octanol–water partition coefficient (Wildman–Crippen LogP) is 3.19. The molecule has 1 aromatic carbocycles. The van der Waals surface area contributed by atoms with Crippen molar-refractivity contribution in [2.24, 2.45) is 0 Å². The zero-order chi connectivity index (χ0) is 24.2. The van der Waals surface area contributed by atoms with Crippen molar-refractivity contribution in [1.82, 2.24) is 23.7 Å². The highest BCUT2D eigenvalue weighted by molar-refractivity contribution is 7.88. The summed E-state index contributed by atoms with van der Waals surface area (Å²) in [6.07, 6.45) is 7.56. The summed E-state index contributed by atoms with van der Waals surface area (Å²) in [6.45, 7) is 3.23. The third kappa shape index (κ3) is 4.02. The Labute approximate surface area is 204 Å². The third-order valence-electron chi connectivity index (χ3n) is 6.96. The Kier molecular flexibility index (Phi) is 5.23. The molecule has 35 heavy (non-hydrogen) atoms. The summed E-state index contributed by atoms with van der Waals surface area (Å²) in [7, 11) is -3.20. The SMILES string of the molecule is C[C@H](Nc1cc(-c2cc3nccn3c(N3CC4CC3CN4S(C)(=O)=O)n2)ccn1)c1ccccc1. The molecule has 2 saturated heterocycles. The number of nitrogens with zero attached hydrogens (tertiary/aromatic N) is 6. The second-order valence-corrected chi connectivity index (χ2v) is 11.3. The summed E-state index contributed by atoms with van der Waals surface area (Å²) < 4.78 is 27.9. The number of pyridine rings is 1. The van der Waals surface area contributed by atoms with Gasteiger partial charge in [-0.1, -0.05) is 30.3 Å². The van der Waals surface area contributed by atoms with E-state index in [9.17, 15) is 8.42 Å². The van der Waals surface area contributed by atoms with Gasteiger partial charge in [-0.2, -0.15) is 4.31 Å². The van der Waals surface area contributed by atoms with E-state index >= 15 is 0 Å². The van der Waals surface area contributed by atoms with E-state index in [2.05, 4.69) is 39.2 Å². The van der Waals surface area contributed by atoms with Crippen LogP contribution in [-0.4, -0.2) is 63.5 Å². The molecule has 0 spiro atoms. The van der Waals surface area contributed by atoms with Gasteiger partial charge in [0.25, 0.3) is 0 Å². The van der Waals surface area contributed by atoms with Gasteiger partial charge >= 0.3 is 0 Å². The molecular formula is C25H27N7O2S. The van der Waals surface area contributed by atoms with E-state index < -0.39 is 10.0 Å². The molecule has 2 aliphatic rings. The standard InChI is InChI=1S/C25H27N7O2S/c1-17(18-6-4-3-5-7-18)28-23-12-19(8-9-26-23)22-14-24-27-10-11-30(24)25(29-22)31-15-21-13-20(31)16-32(21)35(2,33)34/h3-12,14,17,20-21H,13,15-16H2,1-2H3,(H,26,28)/t17-,20?,21?/m0/s1. The van der Waals surface area contributed by atoms with Crippen LogP contribution < -0.4 is 10.2 Å². The van der Waals surface area contributed by atoms with E-state index in [4.69, 9.17) is 4.98 Å². The molecule has 3 atom stereocenters. The average molecular weight is 490 g/mol. The van der Waals surface area contributed by atoms with E-state index in [1.54, 1.807) is 16.7 Å². The van der Waals surface area contributed by atoms with Crippen molar-refractivity contribution >= 4 is 27.4 Å². The first kappa shape index (κ1) is 22.0. The number of rotatable bonds is 6. The molecule has 0 radical (unpaired) electrons. The van der Waals surface area contributed by atoms with Crippen LogP contribution in [0.1, 0.15) is 24.9 Å². The van der Waals surface area contributed by atoms with Gasteiger partial charge in [-0.05, 0) is 31.0 Å². The topological polar surface area (TPSA) is 95.7 Å². The highest BCUT2D eigenvalue weighted by Crippen LogP contribution is 2.36. The predicted molar refractivity (Wildman–Crippen MR) is 136 cm³/mol. The molecule has 3 aromatic heterocycles. The number of nitrogens with one attached hydrogen (secondary N) is 1. The van der Waals surface area contributed by atoms with Gasteiger partial charge in [-0.25, -0.2) is 23.4 Å². The maximum absolute atomic E-state index is 12.1. The van der Waals surface area contributed by atoms with E-state index in [1.807, 2.05) is 47.0 Å². The van der Waals surface area contributed by atoms with Gasteiger partial charge in [0.1, 0.15) is 11.5 Å². The lowest BCUT2D eigenvalue weighted by molar-refractivity contribution is 0.369. The van der Waals surface area contributed by atoms with Gasteiger partial charge in [0.05, 0.1) is 11.9 Å². The Morgan fingerprint density at radius 2 is 1.86 bits per heavy atom. The fourth-order valence-electron chi connectivity index (χ4n) is 5.25. The zero-order valence-corrected chi connectivity index (χ0v) is 20.4. The number of benzene rings is 1. The maximum Gasteiger partial charge on any atom is 0.212 e. The minimum absolute atomic E-state index is 0.0183. The summed E-state index contributed by atoms with van der Waals surface area (Å²) in [6, 6.07) is 16.4. The van der Waals surface area contributed by atoms with E-state index in [0.717, 1.165) is 35.1 Å². The lowest BCUT2D eigenvalue weighted by Gasteiger charge is -2.33. The summed E-state index contributed by atoms with van der Waals surface area (Å²) in [5.41, 5.74) is 3.73. The molecule has 2 aliphatic heterocycles. The van der Waals surface area contributed by atoms with Crippen LogP contribution in [0.4, 0.5) is 11.8 Å². The van der Waals surface area contributed by atoms with Crippen LogP contribution in [0.3, 0.4) is 0 Å². The molecular weight excluding hydrogens is 462 g/mol. The summed E-state index contributed by atoms with van der Waals surface area (Å²) >= 11 is 0.